The zero-order valence-corrected chi connectivity index (χ0v) is 11.4. The van der Waals surface area contributed by atoms with Crippen molar-refractivity contribution < 1.29 is 14.3 Å². The highest BCUT2D eigenvalue weighted by Crippen LogP contribution is 2.22. The maximum atomic E-state index is 13.3. The third kappa shape index (κ3) is 3.35. The number of aryl methyl sites for hydroxylation is 1. The average Bonchev–Trinajstić information content (AvgIpc) is 2.45. The molecule has 3 nitrogen and oxygen atoms in total. The van der Waals surface area contributed by atoms with Gasteiger partial charge in [-0.2, -0.15) is 0 Å². The normalized spacial score (nSPS) is 11.4. The maximum absolute atomic E-state index is 13.3. The molecule has 104 valence electrons. The molecule has 0 heterocycles. The van der Waals surface area contributed by atoms with E-state index < -0.39 is 5.82 Å². The highest BCUT2D eigenvalue weighted by molar-refractivity contribution is 6.00. The van der Waals surface area contributed by atoms with E-state index in [1.807, 2.05) is 31.2 Å². The molecule has 0 aliphatic heterocycles. The number of hydrogen-bond acceptors (Lipinski definition) is 3. The fourth-order valence-electron chi connectivity index (χ4n) is 1.93. The van der Waals surface area contributed by atoms with Gasteiger partial charge in [0.2, 0.25) is 0 Å². The van der Waals surface area contributed by atoms with E-state index in [0.29, 0.717) is 23.6 Å². The van der Waals surface area contributed by atoms with E-state index in [2.05, 4.69) is 5.16 Å². The number of rotatable bonds is 4. The Morgan fingerprint density at radius 1 is 1.25 bits per heavy atom. The molecule has 2 aromatic rings. The van der Waals surface area contributed by atoms with Crippen molar-refractivity contribution in [2.24, 2.45) is 5.16 Å². The molecule has 2 aromatic carbocycles. The van der Waals surface area contributed by atoms with Crippen LogP contribution in [0.3, 0.4) is 0 Å². The van der Waals surface area contributed by atoms with Crippen LogP contribution >= 0.6 is 0 Å². The van der Waals surface area contributed by atoms with Crippen LogP contribution in [0.1, 0.15) is 23.6 Å². The second kappa shape index (κ2) is 6.19. The molecule has 0 aromatic heterocycles. The Morgan fingerprint density at radius 2 is 2.05 bits per heavy atom. The molecule has 0 spiro atoms. The van der Waals surface area contributed by atoms with Crippen molar-refractivity contribution >= 4 is 5.71 Å². The SMILES string of the molecule is C/C(=N/O)c1cc(F)ccc1OCc1cccc(C)c1. The summed E-state index contributed by atoms with van der Waals surface area (Å²) in [7, 11) is 0. The van der Waals surface area contributed by atoms with Gasteiger partial charge in [0.1, 0.15) is 18.2 Å². The van der Waals surface area contributed by atoms with Gasteiger partial charge in [-0.15, -0.1) is 0 Å². The molecule has 1 N–H and O–H groups in total. The van der Waals surface area contributed by atoms with Gasteiger partial charge in [0.05, 0.1) is 5.71 Å². The summed E-state index contributed by atoms with van der Waals surface area (Å²) < 4.78 is 19.0. The molecule has 0 saturated carbocycles. The van der Waals surface area contributed by atoms with Crippen molar-refractivity contribution in [1.29, 1.82) is 0 Å². The second-order valence-corrected chi connectivity index (χ2v) is 4.60. The van der Waals surface area contributed by atoms with E-state index in [0.717, 1.165) is 11.1 Å². The summed E-state index contributed by atoms with van der Waals surface area (Å²) in [6.07, 6.45) is 0. The first-order chi connectivity index (χ1) is 9.60. The summed E-state index contributed by atoms with van der Waals surface area (Å²) >= 11 is 0. The predicted octanol–water partition coefficient (Wildman–Crippen LogP) is 3.91. The fourth-order valence-corrected chi connectivity index (χ4v) is 1.93. The van der Waals surface area contributed by atoms with Gasteiger partial charge in [0.25, 0.3) is 0 Å². The Balaban J connectivity index is 2.21. The molecule has 2 rings (SSSR count). The van der Waals surface area contributed by atoms with Gasteiger partial charge in [-0.05, 0) is 37.6 Å². The number of halogens is 1. The minimum Gasteiger partial charge on any atom is -0.488 e. The summed E-state index contributed by atoms with van der Waals surface area (Å²) in [5, 5.41) is 11.9. The fraction of sp³-hybridized carbons (Fsp3) is 0.188. The van der Waals surface area contributed by atoms with Crippen LogP contribution in [-0.4, -0.2) is 10.9 Å². The van der Waals surface area contributed by atoms with Gasteiger partial charge in [-0.1, -0.05) is 35.0 Å². The lowest BCUT2D eigenvalue weighted by Gasteiger charge is -2.11. The summed E-state index contributed by atoms with van der Waals surface area (Å²) in [4.78, 5) is 0. The number of oxime groups is 1. The third-order valence-electron chi connectivity index (χ3n) is 2.96. The average molecular weight is 273 g/mol. The van der Waals surface area contributed by atoms with Gasteiger partial charge < -0.3 is 9.94 Å². The van der Waals surface area contributed by atoms with Crippen LogP contribution in [0.4, 0.5) is 4.39 Å². The van der Waals surface area contributed by atoms with E-state index in [1.165, 1.54) is 18.2 Å². The van der Waals surface area contributed by atoms with Crippen molar-refractivity contribution in [1.82, 2.24) is 0 Å². The third-order valence-corrected chi connectivity index (χ3v) is 2.96. The standard InChI is InChI=1S/C16H16FNO2/c1-11-4-3-5-13(8-11)10-20-16-7-6-14(17)9-15(16)12(2)18-19/h3-9,19H,10H2,1-2H3/b18-12-. The smallest absolute Gasteiger partial charge is 0.129 e. The molecule has 4 heteroatoms. The number of nitrogens with zero attached hydrogens (tertiary/aromatic N) is 1. The molecule has 0 amide bonds. The Kier molecular flexibility index (Phi) is 4.35. The zero-order valence-electron chi connectivity index (χ0n) is 11.4. The Bertz CT molecular complexity index is 638. The highest BCUT2D eigenvalue weighted by Gasteiger charge is 2.09. The summed E-state index contributed by atoms with van der Waals surface area (Å²) in [5.74, 6) is 0.0918. The zero-order chi connectivity index (χ0) is 14.5. The van der Waals surface area contributed by atoms with Gasteiger partial charge >= 0.3 is 0 Å². The monoisotopic (exact) mass is 273 g/mol. The molecule has 0 bridgehead atoms. The van der Waals surface area contributed by atoms with Crippen LogP contribution in [0, 0.1) is 12.7 Å². The van der Waals surface area contributed by atoms with Gasteiger partial charge in [-0.25, -0.2) is 4.39 Å². The lowest BCUT2D eigenvalue weighted by Crippen LogP contribution is -2.03. The van der Waals surface area contributed by atoms with E-state index in [-0.39, 0.29) is 0 Å². The topological polar surface area (TPSA) is 41.8 Å². The Morgan fingerprint density at radius 3 is 2.75 bits per heavy atom. The van der Waals surface area contributed by atoms with E-state index >= 15 is 0 Å². The molecule has 20 heavy (non-hydrogen) atoms. The van der Waals surface area contributed by atoms with Crippen molar-refractivity contribution in [3.8, 4) is 5.75 Å². The molecule has 0 atom stereocenters. The molecule has 0 saturated heterocycles. The second-order valence-electron chi connectivity index (χ2n) is 4.60. The van der Waals surface area contributed by atoms with Crippen LogP contribution < -0.4 is 4.74 Å². The van der Waals surface area contributed by atoms with Crippen molar-refractivity contribution in [2.75, 3.05) is 0 Å². The summed E-state index contributed by atoms with van der Waals surface area (Å²) in [5.41, 5.74) is 2.93. The Hall–Kier alpha value is -2.36. The molecule has 0 fully saturated rings. The van der Waals surface area contributed by atoms with Crippen molar-refractivity contribution in [3.63, 3.8) is 0 Å². The van der Waals surface area contributed by atoms with E-state index in [9.17, 15) is 4.39 Å². The quantitative estimate of drug-likeness (QED) is 0.521. The number of hydrogen-bond donors (Lipinski definition) is 1. The van der Waals surface area contributed by atoms with Gasteiger partial charge in [0, 0.05) is 5.56 Å². The molecule has 0 radical (unpaired) electrons. The predicted molar refractivity (Wildman–Crippen MR) is 75.9 cm³/mol. The first kappa shape index (κ1) is 14.1. The van der Waals surface area contributed by atoms with Gasteiger partial charge in [-0.3, -0.25) is 0 Å². The van der Waals surface area contributed by atoms with Crippen molar-refractivity contribution in [3.05, 3.63) is 65.0 Å². The lowest BCUT2D eigenvalue weighted by atomic mass is 10.1. The Labute approximate surface area is 117 Å². The molecular weight excluding hydrogens is 257 g/mol. The van der Waals surface area contributed by atoms with Crippen molar-refractivity contribution in [2.45, 2.75) is 20.5 Å². The van der Waals surface area contributed by atoms with Crippen LogP contribution in [0.25, 0.3) is 0 Å². The summed E-state index contributed by atoms with van der Waals surface area (Å²) in [6, 6.07) is 12.1. The van der Waals surface area contributed by atoms with E-state index in [4.69, 9.17) is 9.94 Å². The van der Waals surface area contributed by atoms with Crippen LogP contribution in [0.15, 0.2) is 47.6 Å². The lowest BCUT2D eigenvalue weighted by molar-refractivity contribution is 0.303. The number of ether oxygens (including phenoxy) is 1. The maximum Gasteiger partial charge on any atom is 0.129 e. The van der Waals surface area contributed by atoms with Crippen LogP contribution in [-0.2, 0) is 6.61 Å². The van der Waals surface area contributed by atoms with Crippen LogP contribution in [0.2, 0.25) is 0 Å². The first-order valence-corrected chi connectivity index (χ1v) is 6.27. The minimum atomic E-state index is -0.397. The molecule has 0 aliphatic rings. The number of benzene rings is 2. The largest absolute Gasteiger partial charge is 0.488 e. The summed E-state index contributed by atoms with van der Waals surface area (Å²) in [6.45, 7) is 3.97. The molecule has 0 unspecified atom stereocenters. The van der Waals surface area contributed by atoms with Gasteiger partial charge in [0.15, 0.2) is 0 Å². The molecular formula is C16H16FNO2. The molecule has 0 aliphatic carbocycles. The first-order valence-electron chi connectivity index (χ1n) is 6.27. The van der Waals surface area contributed by atoms with E-state index in [1.54, 1.807) is 6.92 Å². The minimum absolute atomic E-state index is 0.309. The van der Waals surface area contributed by atoms with Crippen LogP contribution in [0.5, 0.6) is 5.75 Å². The highest BCUT2D eigenvalue weighted by atomic mass is 19.1.